The predicted octanol–water partition coefficient (Wildman–Crippen LogP) is 2.46. The van der Waals surface area contributed by atoms with E-state index < -0.39 is 20.4 Å². The van der Waals surface area contributed by atoms with Crippen LogP contribution in [0.4, 0.5) is 10.1 Å². The monoisotopic (exact) mass is 382 g/mol. The average Bonchev–Trinajstić information content (AvgIpc) is 2.29. The van der Waals surface area contributed by atoms with Gasteiger partial charge < -0.3 is 11.1 Å². The Morgan fingerprint density at radius 3 is 2.50 bits per heavy atom. The summed E-state index contributed by atoms with van der Waals surface area (Å²) in [7, 11) is -3.25. The molecule has 0 saturated heterocycles. The first-order chi connectivity index (χ1) is 8.97. The standard InChI is InChI=1S/C12H16BrFN2O2S2/c1-12(2,20(3,17)18)6-16-8-5-4-7(11(15)19)9(13)10(8)14/h4-5,16H,6H2,1-3H3,(H2,15,19). The highest BCUT2D eigenvalue weighted by molar-refractivity contribution is 9.10. The minimum Gasteiger partial charge on any atom is -0.389 e. The molecule has 20 heavy (non-hydrogen) atoms. The van der Waals surface area contributed by atoms with Crippen molar-refractivity contribution in [1.82, 2.24) is 0 Å². The van der Waals surface area contributed by atoms with Gasteiger partial charge in [0.05, 0.1) is 14.9 Å². The van der Waals surface area contributed by atoms with Crippen molar-refractivity contribution in [1.29, 1.82) is 0 Å². The molecule has 0 aromatic heterocycles. The van der Waals surface area contributed by atoms with Crippen LogP contribution in [-0.4, -0.2) is 31.0 Å². The van der Waals surface area contributed by atoms with Gasteiger partial charge >= 0.3 is 0 Å². The van der Waals surface area contributed by atoms with Gasteiger partial charge in [-0.2, -0.15) is 0 Å². The van der Waals surface area contributed by atoms with E-state index >= 15 is 0 Å². The number of benzene rings is 1. The molecular formula is C12H16BrFN2O2S2. The molecular weight excluding hydrogens is 367 g/mol. The second kappa shape index (κ2) is 5.95. The third kappa shape index (κ3) is 3.67. The zero-order valence-corrected chi connectivity index (χ0v) is 14.5. The summed E-state index contributed by atoms with van der Waals surface area (Å²) in [4.78, 5) is 0.0822. The topological polar surface area (TPSA) is 72.2 Å². The second-order valence-electron chi connectivity index (χ2n) is 5.04. The van der Waals surface area contributed by atoms with Crippen LogP contribution < -0.4 is 11.1 Å². The molecule has 0 aliphatic rings. The zero-order chi connectivity index (χ0) is 15.7. The van der Waals surface area contributed by atoms with Crippen LogP contribution >= 0.6 is 28.1 Å². The van der Waals surface area contributed by atoms with Crippen molar-refractivity contribution in [2.24, 2.45) is 5.73 Å². The molecule has 0 fully saturated rings. The molecule has 0 aliphatic heterocycles. The van der Waals surface area contributed by atoms with Crippen molar-refractivity contribution < 1.29 is 12.8 Å². The van der Waals surface area contributed by atoms with Gasteiger partial charge in [0.2, 0.25) is 0 Å². The van der Waals surface area contributed by atoms with E-state index in [2.05, 4.69) is 21.2 Å². The van der Waals surface area contributed by atoms with E-state index in [1.807, 2.05) is 0 Å². The fraction of sp³-hybridized carbons (Fsp3) is 0.417. The number of rotatable bonds is 5. The van der Waals surface area contributed by atoms with Crippen LogP contribution in [0.2, 0.25) is 0 Å². The van der Waals surface area contributed by atoms with Crippen molar-refractivity contribution in [3.63, 3.8) is 0 Å². The normalized spacial score (nSPS) is 12.2. The Hall–Kier alpha value is -0.730. The minimum atomic E-state index is -3.25. The molecule has 0 amide bonds. The molecule has 0 heterocycles. The average molecular weight is 383 g/mol. The Labute approximate surface area is 132 Å². The van der Waals surface area contributed by atoms with Gasteiger partial charge in [-0.05, 0) is 41.9 Å². The first-order valence-electron chi connectivity index (χ1n) is 5.68. The predicted molar refractivity (Wildman–Crippen MR) is 87.4 cm³/mol. The third-order valence-electron chi connectivity index (χ3n) is 3.06. The molecule has 4 nitrogen and oxygen atoms in total. The molecule has 0 spiro atoms. The number of halogens is 2. The maximum absolute atomic E-state index is 14.1. The SMILES string of the molecule is CC(C)(CNc1ccc(C(N)=S)c(Br)c1F)S(C)(=O)=O. The van der Waals surface area contributed by atoms with Crippen molar-refractivity contribution >= 4 is 48.7 Å². The highest BCUT2D eigenvalue weighted by atomic mass is 79.9. The maximum Gasteiger partial charge on any atom is 0.161 e. The number of nitrogens with one attached hydrogen (secondary N) is 1. The van der Waals surface area contributed by atoms with Gasteiger partial charge in [-0.1, -0.05) is 12.2 Å². The first-order valence-corrected chi connectivity index (χ1v) is 8.78. The lowest BCUT2D eigenvalue weighted by molar-refractivity contribution is 0.558. The molecule has 0 bridgehead atoms. The molecule has 0 saturated carbocycles. The van der Waals surface area contributed by atoms with E-state index in [4.69, 9.17) is 18.0 Å². The van der Waals surface area contributed by atoms with Crippen molar-refractivity contribution in [2.45, 2.75) is 18.6 Å². The molecule has 112 valence electrons. The number of sulfone groups is 1. The fourth-order valence-electron chi connectivity index (χ4n) is 1.32. The van der Waals surface area contributed by atoms with Crippen LogP contribution in [0.3, 0.4) is 0 Å². The van der Waals surface area contributed by atoms with E-state index in [1.54, 1.807) is 19.9 Å². The van der Waals surface area contributed by atoms with E-state index in [9.17, 15) is 12.8 Å². The zero-order valence-electron chi connectivity index (χ0n) is 11.3. The second-order valence-corrected chi connectivity index (χ2v) is 8.92. The van der Waals surface area contributed by atoms with Gasteiger partial charge in [0, 0.05) is 18.4 Å². The third-order valence-corrected chi connectivity index (χ3v) is 6.20. The maximum atomic E-state index is 14.1. The Kier molecular flexibility index (Phi) is 5.15. The number of nitrogens with two attached hydrogens (primary N) is 1. The van der Waals surface area contributed by atoms with Gasteiger partial charge in [0.15, 0.2) is 15.7 Å². The molecule has 1 rings (SSSR count). The molecule has 0 atom stereocenters. The summed E-state index contributed by atoms with van der Waals surface area (Å²) >= 11 is 7.90. The summed E-state index contributed by atoms with van der Waals surface area (Å²) in [5, 5.41) is 2.80. The Morgan fingerprint density at radius 1 is 1.50 bits per heavy atom. The summed E-state index contributed by atoms with van der Waals surface area (Å²) < 4.78 is 36.5. The number of hydrogen-bond acceptors (Lipinski definition) is 4. The lowest BCUT2D eigenvalue weighted by Crippen LogP contribution is -2.38. The van der Waals surface area contributed by atoms with Gasteiger partial charge in [-0.15, -0.1) is 0 Å². The molecule has 1 aromatic rings. The van der Waals surface area contributed by atoms with E-state index in [0.29, 0.717) is 5.56 Å². The van der Waals surface area contributed by atoms with Gasteiger partial charge in [0.1, 0.15) is 4.99 Å². The number of anilines is 1. The van der Waals surface area contributed by atoms with E-state index in [-0.39, 0.29) is 21.7 Å². The Morgan fingerprint density at radius 2 is 2.05 bits per heavy atom. The Balaban J connectivity index is 3.02. The molecule has 0 radical (unpaired) electrons. The van der Waals surface area contributed by atoms with Crippen LogP contribution in [-0.2, 0) is 9.84 Å². The lowest BCUT2D eigenvalue weighted by Gasteiger charge is -2.23. The molecule has 3 N–H and O–H groups in total. The van der Waals surface area contributed by atoms with Crippen molar-refractivity contribution in [3.8, 4) is 0 Å². The van der Waals surface area contributed by atoms with E-state index in [1.165, 1.54) is 6.07 Å². The van der Waals surface area contributed by atoms with Crippen molar-refractivity contribution in [3.05, 3.63) is 28.0 Å². The molecule has 0 aliphatic carbocycles. The van der Waals surface area contributed by atoms with Crippen LogP contribution in [0.25, 0.3) is 0 Å². The van der Waals surface area contributed by atoms with E-state index in [0.717, 1.165) is 6.26 Å². The first kappa shape index (κ1) is 17.3. The summed E-state index contributed by atoms with van der Waals surface area (Å²) in [6.07, 6.45) is 1.15. The highest BCUT2D eigenvalue weighted by Gasteiger charge is 2.30. The van der Waals surface area contributed by atoms with Gasteiger partial charge in [0.25, 0.3) is 0 Å². The van der Waals surface area contributed by atoms with Crippen LogP contribution in [0.15, 0.2) is 16.6 Å². The smallest absolute Gasteiger partial charge is 0.161 e. The summed E-state index contributed by atoms with van der Waals surface area (Å²) in [6, 6.07) is 3.05. The molecule has 8 heteroatoms. The quantitative estimate of drug-likeness (QED) is 0.765. The Bertz CT molecular complexity index is 645. The molecule has 0 unspecified atom stereocenters. The lowest BCUT2D eigenvalue weighted by atomic mass is 10.1. The highest BCUT2D eigenvalue weighted by Crippen LogP contribution is 2.28. The van der Waals surface area contributed by atoms with Crippen LogP contribution in [0.1, 0.15) is 19.4 Å². The fourth-order valence-corrected chi connectivity index (χ4v) is 2.51. The molecule has 1 aromatic carbocycles. The van der Waals surface area contributed by atoms with Gasteiger partial charge in [-0.25, -0.2) is 12.8 Å². The number of thiocarbonyl (C=S) groups is 1. The summed E-state index contributed by atoms with van der Waals surface area (Å²) in [5.74, 6) is -0.556. The van der Waals surface area contributed by atoms with Crippen LogP contribution in [0, 0.1) is 5.82 Å². The number of hydrogen-bond donors (Lipinski definition) is 2. The van der Waals surface area contributed by atoms with Crippen molar-refractivity contribution in [2.75, 3.05) is 18.1 Å². The summed E-state index contributed by atoms with van der Waals surface area (Å²) in [5.41, 5.74) is 6.05. The largest absolute Gasteiger partial charge is 0.389 e. The summed E-state index contributed by atoms with van der Waals surface area (Å²) in [6.45, 7) is 3.24. The van der Waals surface area contributed by atoms with Gasteiger partial charge in [-0.3, -0.25) is 0 Å². The minimum absolute atomic E-state index is 0.0822. The van der Waals surface area contributed by atoms with Crippen LogP contribution in [0.5, 0.6) is 0 Å².